The second kappa shape index (κ2) is 8.00. The van der Waals surface area contributed by atoms with Gasteiger partial charge in [0.25, 0.3) is 0 Å². The van der Waals surface area contributed by atoms with Gasteiger partial charge in [-0.05, 0) is 61.3 Å². The number of alkyl halides is 3. The van der Waals surface area contributed by atoms with Gasteiger partial charge in [0.2, 0.25) is 0 Å². The summed E-state index contributed by atoms with van der Waals surface area (Å²) in [5.41, 5.74) is 1.00. The summed E-state index contributed by atoms with van der Waals surface area (Å²) in [7, 11) is 0. The highest BCUT2D eigenvalue weighted by Crippen LogP contribution is 2.37. The van der Waals surface area contributed by atoms with Crippen LogP contribution in [-0.2, 0) is 0 Å². The van der Waals surface area contributed by atoms with Gasteiger partial charge in [0.15, 0.2) is 5.83 Å². The fourth-order valence-electron chi connectivity index (χ4n) is 2.92. The molecule has 0 spiro atoms. The Morgan fingerprint density at radius 2 is 1.75 bits per heavy atom. The van der Waals surface area contributed by atoms with E-state index in [1.165, 1.54) is 18.2 Å². The van der Waals surface area contributed by atoms with Crippen LogP contribution in [-0.4, -0.2) is 6.36 Å². The molecule has 0 bridgehead atoms. The minimum atomic E-state index is -4.68. The van der Waals surface area contributed by atoms with Crippen LogP contribution in [0.5, 0.6) is 5.75 Å². The number of nitriles is 1. The fourth-order valence-corrected chi connectivity index (χ4v) is 2.92. The van der Waals surface area contributed by atoms with Crippen molar-refractivity contribution in [3.05, 3.63) is 53.9 Å². The average Bonchev–Trinajstić information content (AvgIpc) is 2.54. The van der Waals surface area contributed by atoms with Gasteiger partial charge in [-0.15, -0.1) is 13.2 Å². The molecule has 1 aliphatic rings. The first-order valence-electron chi connectivity index (χ1n) is 7.67. The maximum Gasteiger partial charge on any atom is 0.573 e. The van der Waals surface area contributed by atoms with Crippen molar-refractivity contribution in [1.82, 2.24) is 0 Å². The third-order valence-corrected chi connectivity index (χ3v) is 4.09. The Balaban J connectivity index is 1.87. The monoisotopic (exact) mass is 339 g/mol. The van der Waals surface area contributed by atoms with Gasteiger partial charge in [0.1, 0.15) is 11.8 Å². The molecule has 1 aromatic rings. The number of hydrogen-bond acceptors (Lipinski definition) is 2. The van der Waals surface area contributed by atoms with Crippen molar-refractivity contribution >= 4 is 0 Å². The minimum Gasteiger partial charge on any atom is -0.406 e. The molecule has 2 rings (SSSR count). The van der Waals surface area contributed by atoms with Crippen LogP contribution in [0.15, 0.2) is 48.3 Å². The molecular formula is C18H17F4NO. The van der Waals surface area contributed by atoms with Crippen LogP contribution in [0.2, 0.25) is 0 Å². The highest BCUT2D eigenvalue weighted by Gasteiger charge is 2.31. The molecule has 1 saturated carbocycles. The first-order chi connectivity index (χ1) is 11.4. The first kappa shape index (κ1) is 18.1. The third-order valence-electron chi connectivity index (χ3n) is 4.09. The number of halogens is 4. The molecule has 0 aliphatic heterocycles. The van der Waals surface area contributed by atoms with E-state index in [9.17, 15) is 17.6 Å². The van der Waals surface area contributed by atoms with Gasteiger partial charge < -0.3 is 4.74 Å². The second-order valence-corrected chi connectivity index (χ2v) is 5.74. The normalized spacial score (nSPS) is 22.4. The van der Waals surface area contributed by atoms with Gasteiger partial charge in [0.05, 0.1) is 0 Å². The van der Waals surface area contributed by atoms with Gasteiger partial charge >= 0.3 is 6.36 Å². The number of allylic oxidation sites excluding steroid dienone is 4. The molecule has 0 radical (unpaired) electrons. The molecule has 0 aromatic heterocycles. The summed E-state index contributed by atoms with van der Waals surface area (Å²) < 4.78 is 53.0. The second-order valence-electron chi connectivity index (χ2n) is 5.74. The zero-order valence-electron chi connectivity index (χ0n) is 12.9. The predicted octanol–water partition coefficient (Wildman–Crippen LogP) is 5.79. The Labute approximate surface area is 138 Å². The Morgan fingerprint density at radius 1 is 1.12 bits per heavy atom. The van der Waals surface area contributed by atoms with Crippen LogP contribution < -0.4 is 4.74 Å². The SMILES string of the molecule is N#C/C(F)=C/C=C/C1CCC(c2ccc(OC(F)(F)F)cc2)CC1. The number of benzene rings is 1. The highest BCUT2D eigenvalue weighted by atomic mass is 19.4. The van der Waals surface area contributed by atoms with Gasteiger partial charge in [-0.25, -0.2) is 0 Å². The van der Waals surface area contributed by atoms with Crippen molar-refractivity contribution < 1.29 is 22.3 Å². The molecule has 0 amide bonds. The van der Waals surface area contributed by atoms with Crippen molar-refractivity contribution in [3.63, 3.8) is 0 Å². The molecule has 24 heavy (non-hydrogen) atoms. The molecule has 128 valence electrons. The summed E-state index contributed by atoms with van der Waals surface area (Å²) in [6.45, 7) is 0. The molecule has 0 atom stereocenters. The number of nitrogens with zero attached hydrogens (tertiary/aromatic N) is 1. The van der Waals surface area contributed by atoms with Crippen molar-refractivity contribution in [2.24, 2.45) is 5.92 Å². The van der Waals surface area contributed by atoms with Crippen molar-refractivity contribution in [3.8, 4) is 11.8 Å². The van der Waals surface area contributed by atoms with Crippen LogP contribution >= 0.6 is 0 Å². The van der Waals surface area contributed by atoms with Crippen LogP contribution in [0.25, 0.3) is 0 Å². The molecule has 2 nitrogen and oxygen atoms in total. The van der Waals surface area contributed by atoms with Crippen LogP contribution in [0.4, 0.5) is 17.6 Å². The minimum absolute atomic E-state index is 0.214. The maximum absolute atomic E-state index is 12.7. The molecule has 1 aliphatic carbocycles. The number of rotatable bonds is 4. The molecule has 0 saturated heterocycles. The van der Waals surface area contributed by atoms with Crippen LogP contribution in [0.1, 0.15) is 37.2 Å². The van der Waals surface area contributed by atoms with Crippen LogP contribution in [0, 0.1) is 17.2 Å². The molecule has 6 heteroatoms. The van der Waals surface area contributed by atoms with Gasteiger partial charge in [0, 0.05) is 0 Å². The third kappa shape index (κ3) is 5.73. The first-order valence-corrected chi connectivity index (χ1v) is 7.67. The summed E-state index contributed by atoms with van der Waals surface area (Å²) >= 11 is 0. The summed E-state index contributed by atoms with van der Waals surface area (Å²) in [5.74, 6) is -0.395. The lowest BCUT2D eigenvalue weighted by atomic mass is 9.78. The van der Waals surface area contributed by atoms with E-state index in [0.717, 1.165) is 37.3 Å². The lowest BCUT2D eigenvalue weighted by Gasteiger charge is -2.27. The van der Waals surface area contributed by atoms with E-state index >= 15 is 0 Å². The number of hydrogen-bond donors (Lipinski definition) is 0. The summed E-state index contributed by atoms with van der Waals surface area (Å²) in [6.07, 6.45) is 3.60. The molecule has 1 fully saturated rings. The van der Waals surface area contributed by atoms with Crippen molar-refractivity contribution in [2.45, 2.75) is 38.0 Å². The maximum atomic E-state index is 12.7. The zero-order chi connectivity index (χ0) is 17.6. The van der Waals surface area contributed by atoms with E-state index in [0.29, 0.717) is 11.8 Å². The quantitative estimate of drug-likeness (QED) is 0.395. The molecule has 0 N–H and O–H groups in total. The van der Waals surface area contributed by atoms with Gasteiger partial charge in [-0.3, -0.25) is 0 Å². The smallest absolute Gasteiger partial charge is 0.406 e. The van der Waals surface area contributed by atoms with E-state index in [2.05, 4.69) is 4.74 Å². The van der Waals surface area contributed by atoms with Crippen LogP contribution in [0.3, 0.4) is 0 Å². The summed E-state index contributed by atoms with van der Waals surface area (Å²) in [6, 6.07) is 7.43. The van der Waals surface area contributed by atoms with E-state index in [1.807, 2.05) is 6.08 Å². The van der Waals surface area contributed by atoms with Crippen molar-refractivity contribution in [2.75, 3.05) is 0 Å². The molecular weight excluding hydrogens is 322 g/mol. The lowest BCUT2D eigenvalue weighted by Crippen LogP contribution is -2.17. The predicted molar refractivity (Wildman–Crippen MR) is 81.8 cm³/mol. The Bertz CT molecular complexity index is 632. The standard InChI is InChI=1S/C18H17F4NO/c19-16(12-23)3-1-2-13-4-6-14(7-5-13)15-8-10-17(11-9-15)24-18(20,21)22/h1-3,8-11,13-14H,4-7H2/b2-1+,16-3-. The van der Waals surface area contributed by atoms with Crippen molar-refractivity contribution in [1.29, 1.82) is 5.26 Å². The molecule has 0 heterocycles. The van der Waals surface area contributed by atoms with Gasteiger partial charge in [-0.2, -0.15) is 9.65 Å². The Kier molecular flexibility index (Phi) is 6.02. The van der Waals surface area contributed by atoms with E-state index < -0.39 is 12.2 Å². The van der Waals surface area contributed by atoms with Gasteiger partial charge in [-0.1, -0.05) is 24.3 Å². The number of ether oxygens (including phenoxy) is 1. The summed E-state index contributed by atoms with van der Waals surface area (Å²) in [5, 5.41) is 8.32. The Hall–Kier alpha value is -2.29. The summed E-state index contributed by atoms with van der Waals surface area (Å²) in [4.78, 5) is 0. The highest BCUT2D eigenvalue weighted by molar-refractivity contribution is 5.30. The Morgan fingerprint density at radius 3 is 2.29 bits per heavy atom. The fraction of sp³-hybridized carbons (Fsp3) is 0.389. The average molecular weight is 339 g/mol. The topological polar surface area (TPSA) is 33.0 Å². The lowest BCUT2D eigenvalue weighted by molar-refractivity contribution is -0.274. The molecule has 1 aromatic carbocycles. The van der Waals surface area contributed by atoms with E-state index in [1.54, 1.807) is 18.2 Å². The largest absolute Gasteiger partial charge is 0.573 e. The molecule has 0 unspecified atom stereocenters. The van der Waals surface area contributed by atoms with E-state index in [-0.39, 0.29) is 5.75 Å². The zero-order valence-corrected chi connectivity index (χ0v) is 12.9. The van der Waals surface area contributed by atoms with E-state index in [4.69, 9.17) is 5.26 Å².